The van der Waals surface area contributed by atoms with Gasteiger partial charge in [-0.1, -0.05) is 24.4 Å². The lowest BCUT2D eigenvalue weighted by atomic mass is 10.1. The molecule has 0 amide bonds. The van der Waals surface area contributed by atoms with E-state index in [0.29, 0.717) is 15.1 Å². The second-order valence-electron chi connectivity index (χ2n) is 5.51. The van der Waals surface area contributed by atoms with Crippen molar-refractivity contribution in [1.82, 2.24) is 4.31 Å². The molecule has 0 bridgehead atoms. The van der Waals surface area contributed by atoms with Crippen molar-refractivity contribution in [3.63, 3.8) is 0 Å². The highest BCUT2D eigenvalue weighted by molar-refractivity contribution is 7.91. The first-order chi connectivity index (χ1) is 10.5. The maximum Gasteiger partial charge on any atom is 0.253 e. The molecule has 1 aliphatic rings. The van der Waals surface area contributed by atoms with Gasteiger partial charge >= 0.3 is 0 Å². The Kier molecular flexibility index (Phi) is 4.95. The molecule has 3 nitrogen and oxygen atoms in total. The predicted octanol–water partition coefficient (Wildman–Crippen LogP) is 5.08. The number of aryl methyl sites for hydroxylation is 1. The molecule has 1 atom stereocenters. The number of rotatable bonds is 3. The van der Waals surface area contributed by atoms with Gasteiger partial charge < -0.3 is 0 Å². The Hall–Kier alpha value is -0.400. The first-order valence-corrected chi connectivity index (χ1v) is 10.8. The van der Waals surface area contributed by atoms with Gasteiger partial charge in [0.15, 0.2) is 0 Å². The smallest absolute Gasteiger partial charge is 0.206 e. The van der Waals surface area contributed by atoms with E-state index in [4.69, 9.17) is 11.6 Å². The summed E-state index contributed by atoms with van der Waals surface area (Å²) < 4.78 is 28.7. The molecule has 120 valence electrons. The van der Waals surface area contributed by atoms with Gasteiger partial charge in [0.25, 0.3) is 10.0 Å². The summed E-state index contributed by atoms with van der Waals surface area (Å²) in [5, 5.41) is 2.04. The standard InChI is InChI=1S/C15H18ClNO2S3/c1-11-8-10-20-15(11)12-5-3-2-4-9-17(12)22(18,19)14-7-6-13(16)21-14/h6-8,10,12H,2-5,9H2,1H3/t12-/m0/s1. The second-order valence-corrected chi connectivity index (χ2v) is 10.3. The second kappa shape index (κ2) is 6.61. The Morgan fingerprint density at radius 3 is 2.68 bits per heavy atom. The Morgan fingerprint density at radius 2 is 2.05 bits per heavy atom. The van der Waals surface area contributed by atoms with Crippen LogP contribution in [-0.2, 0) is 10.0 Å². The monoisotopic (exact) mass is 375 g/mol. The highest BCUT2D eigenvalue weighted by Gasteiger charge is 2.35. The summed E-state index contributed by atoms with van der Waals surface area (Å²) in [5.41, 5.74) is 1.18. The van der Waals surface area contributed by atoms with Crippen LogP contribution in [0.4, 0.5) is 0 Å². The molecule has 3 rings (SSSR count). The van der Waals surface area contributed by atoms with E-state index >= 15 is 0 Å². The average Bonchev–Trinajstić information content (AvgIpc) is 3.01. The predicted molar refractivity (Wildman–Crippen MR) is 93.5 cm³/mol. The maximum absolute atomic E-state index is 13.1. The third-order valence-corrected chi connectivity index (χ3v) is 8.75. The van der Waals surface area contributed by atoms with E-state index in [2.05, 4.69) is 13.0 Å². The van der Waals surface area contributed by atoms with E-state index < -0.39 is 10.0 Å². The van der Waals surface area contributed by atoms with Crippen LogP contribution in [0.3, 0.4) is 0 Å². The van der Waals surface area contributed by atoms with Crippen molar-refractivity contribution in [3.8, 4) is 0 Å². The lowest BCUT2D eigenvalue weighted by Crippen LogP contribution is -2.34. The van der Waals surface area contributed by atoms with Crippen LogP contribution >= 0.6 is 34.3 Å². The van der Waals surface area contributed by atoms with Gasteiger partial charge in [0.05, 0.1) is 10.4 Å². The van der Waals surface area contributed by atoms with Crippen molar-refractivity contribution in [2.24, 2.45) is 0 Å². The summed E-state index contributed by atoms with van der Waals surface area (Å²) in [5.74, 6) is 0. The molecule has 0 unspecified atom stereocenters. The molecule has 0 N–H and O–H groups in total. The molecule has 1 aliphatic heterocycles. The maximum atomic E-state index is 13.1. The van der Waals surface area contributed by atoms with E-state index in [1.54, 1.807) is 27.8 Å². The van der Waals surface area contributed by atoms with Crippen LogP contribution in [0.2, 0.25) is 4.34 Å². The Bertz CT molecular complexity index is 750. The quantitative estimate of drug-likeness (QED) is 0.750. The molecule has 0 aromatic carbocycles. The van der Waals surface area contributed by atoms with Gasteiger partial charge in [0, 0.05) is 11.4 Å². The van der Waals surface area contributed by atoms with Crippen LogP contribution in [0.1, 0.15) is 42.2 Å². The van der Waals surface area contributed by atoms with Gasteiger partial charge in [-0.05, 0) is 48.9 Å². The summed E-state index contributed by atoms with van der Waals surface area (Å²) in [4.78, 5) is 1.17. The molecule has 0 saturated carbocycles. The van der Waals surface area contributed by atoms with Gasteiger partial charge in [-0.15, -0.1) is 22.7 Å². The molecule has 3 heterocycles. The number of thiophene rings is 2. The molecule has 7 heteroatoms. The minimum atomic E-state index is -3.48. The van der Waals surface area contributed by atoms with Crippen molar-refractivity contribution in [3.05, 3.63) is 38.4 Å². The average molecular weight is 376 g/mol. The largest absolute Gasteiger partial charge is 0.253 e. The molecule has 0 radical (unpaired) electrons. The molecular formula is C15H18ClNO2S3. The van der Waals surface area contributed by atoms with Gasteiger partial charge in [-0.3, -0.25) is 0 Å². The number of sulfonamides is 1. The zero-order chi connectivity index (χ0) is 15.7. The van der Waals surface area contributed by atoms with Crippen LogP contribution in [-0.4, -0.2) is 19.3 Å². The van der Waals surface area contributed by atoms with E-state index in [1.807, 2.05) is 5.38 Å². The van der Waals surface area contributed by atoms with Crippen LogP contribution < -0.4 is 0 Å². The third kappa shape index (κ3) is 3.12. The molecule has 1 saturated heterocycles. The fraction of sp³-hybridized carbons (Fsp3) is 0.467. The van der Waals surface area contributed by atoms with Crippen LogP contribution in [0.5, 0.6) is 0 Å². The molecular weight excluding hydrogens is 358 g/mol. The lowest BCUT2D eigenvalue weighted by Gasteiger charge is -2.28. The number of hydrogen-bond acceptors (Lipinski definition) is 4. The molecule has 0 spiro atoms. The zero-order valence-electron chi connectivity index (χ0n) is 12.3. The van der Waals surface area contributed by atoms with Crippen LogP contribution in [0.25, 0.3) is 0 Å². The molecule has 2 aromatic heterocycles. The summed E-state index contributed by atoms with van der Waals surface area (Å²) >= 11 is 8.73. The lowest BCUT2D eigenvalue weighted by molar-refractivity contribution is 0.333. The van der Waals surface area contributed by atoms with E-state index in [-0.39, 0.29) is 6.04 Å². The summed E-state index contributed by atoms with van der Waals surface area (Å²) in [6.07, 6.45) is 3.95. The van der Waals surface area contributed by atoms with Crippen molar-refractivity contribution < 1.29 is 8.42 Å². The SMILES string of the molecule is Cc1ccsc1[C@@H]1CCCCCN1S(=O)(=O)c1ccc(Cl)s1. The van der Waals surface area contributed by atoms with Gasteiger partial charge in [-0.2, -0.15) is 4.31 Å². The molecule has 2 aromatic rings. The highest BCUT2D eigenvalue weighted by Crippen LogP contribution is 2.39. The molecule has 22 heavy (non-hydrogen) atoms. The number of hydrogen-bond donors (Lipinski definition) is 0. The normalized spacial score (nSPS) is 20.9. The Labute approximate surface area is 144 Å². The Morgan fingerprint density at radius 1 is 1.23 bits per heavy atom. The van der Waals surface area contributed by atoms with Gasteiger partial charge in [0.1, 0.15) is 4.21 Å². The van der Waals surface area contributed by atoms with E-state index in [9.17, 15) is 8.42 Å². The van der Waals surface area contributed by atoms with Gasteiger partial charge in [-0.25, -0.2) is 8.42 Å². The van der Waals surface area contributed by atoms with Crippen molar-refractivity contribution in [1.29, 1.82) is 0 Å². The Balaban J connectivity index is 2.02. The first kappa shape index (κ1) is 16.5. The van der Waals surface area contributed by atoms with E-state index in [0.717, 1.165) is 37.0 Å². The summed E-state index contributed by atoms with van der Waals surface area (Å²) in [6, 6.07) is 5.29. The molecule has 1 fully saturated rings. The topological polar surface area (TPSA) is 37.4 Å². The van der Waals surface area contributed by atoms with Gasteiger partial charge in [0.2, 0.25) is 0 Å². The summed E-state index contributed by atoms with van der Waals surface area (Å²) in [6.45, 7) is 2.64. The minimum absolute atomic E-state index is 0.0478. The van der Waals surface area contributed by atoms with Crippen LogP contribution in [0, 0.1) is 6.92 Å². The first-order valence-electron chi connectivity index (χ1n) is 7.31. The summed E-state index contributed by atoms with van der Waals surface area (Å²) in [7, 11) is -3.48. The number of halogens is 1. The fourth-order valence-corrected chi connectivity index (χ4v) is 7.33. The minimum Gasteiger partial charge on any atom is -0.206 e. The van der Waals surface area contributed by atoms with Crippen molar-refractivity contribution in [2.75, 3.05) is 6.54 Å². The molecule has 0 aliphatic carbocycles. The highest BCUT2D eigenvalue weighted by atomic mass is 35.5. The third-order valence-electron chi connectivity index (χ3n) is 4.02. The van der Waals surface area contributed by atoms with E-state index in [1.165, 1.54) is 10.4 Å². The fourth-order valence-electron chi connectivity index (χ4n) is 2.91. The number of nitrogens with zero attached hydrogens (tertiary/aromatic N) is 1. The van der Waals surface area contributed by atoms with Crippen molar-refractivity contribution >= 4 is 44.3 Å². The van der Waals surface area contributed by atoms with Crippen molar-refractivity contribution in [2.45, 2.75) is 42.9 Å². The zero-order valence-corrected chi connectivity index (χ0v) is 15.5. The van der Waals surface area contributed by atoms with Crippen LogP contribution in [0.15, 0.2) is 27.8 Å².